The highest BCUT2D eigenvalue weighted by Crippen LogP contribution is 2.22. The molecule has 3 rings (SSSR count). The van der Waals surface area contributed by atoms with Crippen molar-refractivity contribution in [1.82, 2.24) is 10.3 Å². The van der Waals surface area contributed by atoms with Crippen molar-refractivity contribution in [3.05, 3.63) is 65.4 Å². The van der Waals surface area contributed by atoms with Crippen molar-refractivity contribution in [3.8, 4) is 5.75 Å². The fourth-order valence-electron chi connectivity index (χ4n) is 2.98. The van der Waals surface area contributed by atoms with E-state index in [9.17, 15) is 9.59 Å². The first-order valence-electron chi connectivity index (χ1n) is 8.13. The summed E-state index contributed by atoms with van der Waals surface area (Å²) in [5.41, 5.74) is 2.97. The molecule has 0 spiro atoms. The first-order chi connectivity index (χ1) is 12.1. The number of ketones is 1. The number of methoxy groups -OCH3 is 1. The summed E-state index contributed by atoms with van der Waals surface area (Å²) in [5, 5.41) is 3.47. The second kappa shape index (κ2) is 7.21. The maximum atomic E-state index is 12.5. The van der Waals surface area contributed by atoms with E-state index in [-0.39, 0.29) is 0 Å². The number of benzene rings is 2. The Morgan fingerprint density at radius 1 is 1.08 bits per heavy atom. The number of amides is 1. The van der Waals surface area contributed by atoms with Gasteiger partial charge >= 0.3 is 0 Å². The van der Waals surface area contributed by atoms with E-state index in [2.05, 4.69) is 10.3 Å². The number of fused-ring (bicyclic) bond motifs is 1. The molecule has 25 heavy (non-hydrogen) atoms. The number of hydrogen-bond donors (Lipinski definition) is 2. The molecule has 128 valence electrons. The predicted octanol–water partition coefficient (Wildman–Crippen LogP) is 3.03. The molecule has 1 aromatic heterocycles. The monoisotopic (exact) mass is 336 g/mol. The average Bonchev–Trinajstić information content (AvgIpc) is 2.97. The van der Waals surface area contributed by atoms with Crippen molar-refractivity contribution in [2.24, 2.45) is 0 Å². The highest BCUT2D eigenvalue weighted by Gasteiger charge is 2.22. The maximum absolute atomic E-state index is 12.5. The van der Waals surface area contributed by atoms with Gasteiger partial charge in [-0.15, -0.1) is 0 Å². The molecule has 2 N–H and O–H groups in total. The van der Waals surface area contributed by atoms with E-state index in [0.29, 0.717) is 24.2 Å². The molecule has 0 saturated carbocycles. The quantitative estimate of drug-likeness (QED) is 0.537. The zero-order valence-corrected chi connectivity index (χ0v) is 14.3. The Labute approximate surface area is 146 Å². The van der Waals surface area contributed by atoms with Crippen LogP contribution in [0.3, 0.4) is 0 Å². The number of aromatic amines is 1. The maximum Gasteiger partial charge on any atom is 0.292 e. The molecule has 0 fully saturated rings. The minimum absolute atomic E-state index is 0.367. The van der Waals surface area contributed by atoms with Crippen LogP contribution in [0.1, 0.15) is 21.6 Å². The molecule has 1 heterocycles. The number of aromatic nitrogens is 1. The van der Waals surface area contributed by atoms with Gasteiger partial charge in [0.25, 0.3) is 11.7 Å². The van der Waals surface area contributed by atoms with E-state index in [0.717, 1.165) is 22.2 Å². The Bertz CT molecular complexity index is 928. The molecule has 2 aromatic carbocycles. The van der Waals surface area contributed by atoms with Gasteiger partial charge in [-0.25, -0.2) is 0 Å². The lowest BCUT2D eigenvalue weighted by Crippen LogP contribution is -2.32. The van der Waals surface area contributed by atoms with E-state index >= 15 is 0 Å². The second-order valence-corrected chi connectivity index (χ2v) is 5.82. The Balaban J connectivity index is 1.69. The average molecular weight is 336 g/mol. The predicted molar refractivity (Wildman–Crippen MR) is 97.1 cm³/mol. The van der Waals surface area contributed by atoms with Gasteiger partial charge < -0.3 is 15.0 Å². The van der Waals surface area contributed by atoms with Gasteiger partial charge in [0, 0.05) is 23.1 Å². The van der Waals surface area contributed by atoms with Gasteiger partial charge in [-0.2, -0.15) is 0 Å². The first-order valence-corrected chi connectivity index (χ1v) is 8.13. The van der Waals surface area contributed by atoms with Gasteiger partial charge in [-0.05, 0) is 31.0 Å². The lowest BCUT2D eigenvalue weighted by atomic mass is 10.1. The number of para-hydroxylation sites is 2. The Morgan fingerprint density at radius 2 is 1.80 bits per heavy atom. The van der Waals surface area contributed by atoms with Gasteiger partial charge in [0.2, 0.25) is 0 Å². The number of rotatable bonds is 6. The fraction of sp³-hybridized carbons (Fsp3) is 0.200. The summed E-state index contributed by atoms with van der Waals surface area (Å²) >= 11 is 0. The van der Waals surface area contributed by atoms with E-state index in [4.69, 9.17) is 4.74 Å². The summed E-state index contributed by atoms with van der Waals surface area (Å²) in [6, 6.07) is 15.1. The highest BCUT2D eigenvalue weighted by atomic mass is 16.5. The van der Waals surface area contributed by atoms with Crippen LogP contribution >= 0.6 is 0 Å². The summed E-state index contributed by atoms with van der Waals surface area (Å²) in [6.07, 6.45) is 0.593. The Hall–Kier alpha value is -3.08. The van der Waals surface area contributed by atoms with Crippen LogP contribution in [-0.2, 0) is 11.2 Å². The van der Waals surface area contributed by atoms with Crippen molar-refractivity contribution >= 4 is 22.6 Å². The standard InChI is InChI=1S/C20H20N2O3/c1-13-18(15-8-4-5-9-16(15)22-13)19(23)20(24)21-12-11-14-7-3-6-10-17(14)25-2/h3-10,22H,11-12H2,1-2H3,(H,21,24). The number of aryl methyl sites for hydroxylation is 1. The normalized spacial score (nSPS) is 10.6. The van der Waals surface area contributed by atoms with Gasteiger partial charge in [-0.1, -0.05) is 36.4 Å². The summed E-state index contributed by atoms with van der Waals surface area (Å²) in [6.45, 7) is 2.17. The third-order valence-electron chi connectivity index (χ3n) is 4.20. The van der Waals surface area contributed by atoms with Crippen LogP contribution < -0.4 is 10.1 Å². The van der Waals surface area contributed by atoms with Crippen LogP contribution in [0.25, 0.3) is 10.9 Å². The van der Waals surface area contributed by atoms with Crippen molar-refractivity contribution in [2.45, 2.75) is 13.3 Å². The SMILES string of the molecule is COc1ccccc1CCNC(=O)C(=O)c1c(C)[nH]c2ccccc12. The molecule has 0 atom stereocenters. The number of carbonyl (C=O) groups excluding carboxylic acids is 2. The number of hydrogen-bond acceptors (Lipinski definition) is 3. The summed E-state index contributed by atoms with van der Waals surface area (Å²) in [4.78, 5) is 28.0. The van der Waals surface area contributed by atoms with E-state index in [1.807, 2.05) is 48.5 Å². The van der Waals surface area contributed by atoms with E-state index in [1.165, 1.54) is 0 Å². The van der Waals surface area contributed by atoms with Crippen LogP contribution in [0.5, 0.6) is 5.75 Å². The molecular weight excluding hydrogens is 316 g/mol. The van der Waals surface area contributed by atoms with Crippen LogP contribution in [0, 0.1) is 6.92 Å². The minimum atomic E-state index is -0.595. The molecular formula is C20H20N2O3. The van der Waals surface area contributed by atoms with Gasteiger partial charge in [0.1, 0.15) is 5.75 Å². The molecule has 5 nitrogen and oxygen atoms in total. The van der Waals surface area contributed by atoms with Gasteiger partial charge in [-0.3, -0.25) is 9.59 Å². The molecule has 0 aliphatic rings. The molecule has 3 aromatic rings. The zero-order valence-electron chi connectivity index (χ0n) is 14.3. The highest BCUT2D eigenvalue weighted by molar-refractivity contribution is 6.45. The minimum Gasteiger partial charge on any atom is -0.496 e. The largest absolute Gasteiger partial charge is 0.496 e. The van der Waals surface area contributed by atoms with Crippen LogP contribution in [0.4, 0.5) is 0 Å². The van der Waals surface area contributed by atoms with Crippen molar-refractivity contribution < 1.29 is 14.3 Å². The van der Waals surface area contributed by atoms with Crippen LogP contribution in [0.2, 0.25) is 0 Å². The molecule has 0 aliphatic heterocycles. The molecule has 0 radical (unpaired) electrons. The first kappa shape index (κ1) is 16.8. The summed E-state index contributed by atoms with van der Waals surface area (Å²) in [7, 11) is 1.61. The third kappa shape index (κ3) is 3.40. The van der Waals surface area contributed by atoms with Crippen LogP contribution in [-0.4, -0.2) is 30.3 Å². The Morgan fingerprint density at radius 3 is 2.60 bits per heavy atom. The van der Waals surface area contributed by atoms with E-state index in [1.54, 1.807) is 14.0 Å². The molecule has 0 aliphatic carbocycles. The molecule has 0 bridgehead atoms. The second-order valence-electron chi connectivity index (χ2n) is 5.82. The number of nitrogens with one attached hydrogen (secondary N) is 2. The lowest BCUT2D eigenvalue weighted by molar-refractivity contribution is -0.116. The summed E-state index contributed by atoms with van der Waals surface area (Å²) in [5.74, 6) is -0.340. The van der Waals surface area contributed by atoms with Gasteiger partial charge in [0.15, 0.2) is 0 Å². The Kier molecular flexibility index (Phi) is 4.84. The third-order valence-corrected chi connectivity index (χ3v) is 4.20. The van der Waals surface area contributed by atoms with Crippen LogP contribution in [0.15, 0.2) is 48.5 Å². The summed E-state index contributed by atoms with van der Waals surface area (Å²) < 4.78 is 5.29. The smallest absolute Gasteiger partial charge is 0.292 e. The number of H-pyrrole nitrogens is 1. The fourth-order valence-corrected chi connectivity index (χ4v) is 2.98. The number of ether oxygens (including phenoxy) is 1. The van der Waals surface area contributed by atoms with Crippen molar-refractivity contribution in [2.75, 3.05) is 13.7 Å². The molecule has 1 amide bonds. The zero-order chi connectivity index (χ0) is 17.8. The molecule has 0 unspecified atom stereocenters. The topological polar surface area (TPSA) is 71.2 Å². The number of Topliss-reactive ketones (excluding diaryl/α,β-unsaturated/α-hetero) is 1. The lowest BCUT2D eigenvalue weighted by Gasteiger charge is -2.09. The number of carbonyl (C=O) groups is 2. The molecule has 5 heteroatoms. The van der Waals surface area contributed by atoms with E-state index < -0.39 is 11.7 Å². The molecule has 0 saturated heterocycles. The van der Waals surface area contributed by atoms with Crippen molar-refractivity contribution in [1.29, 1.82) is 0 Å². The van der Waals surface area contributed by atoms with Crippen molar-refractivity contribution in [3.63, 3.8) is 0 Å². The van der Waals surface area contributed by atoms with Gasteiger partial charge in [0.05, 0.1) is 12.7 Å².